The minimum Gasteiger partial charge on any atom is -0.375 e. The average molecular weight is 204 g/mol. The van der Waals surface area contributed by atoms with E-state index < -0.39 is 0 Å². The van der Waals surface area contributed by atoms with Crippen LogP contribution in [0.3, 0.4) is 0 Å². The lowest BCUT2D eigenvalue weighted by Crippen LogP contribution is -2.23. The normalized spacial score (nSPS) is 15.5. The van der Waals surface area contributed by atoms with Crippen LogP contribution in [-0.2, 0) is 12.8 Å². The van der Waals surface area contributed by atoms with Gasteiger partial charge in [0.1, 0.15) is 5.76 Å². The van der Waals surface area contributed by atoms with E-state index in [9.17, 15) is 4.79 Å². The van der Waals surface area contributed by atoms with Crippen molar-refractivity contribution in [2.24, 2.45) is 0 Å². The summed E-state index contributed by atoms with van der Waals surface area (Å²) in [5, 5.41) is 0. The van der Waals surface area contributed by atoms with Crippen LogP contribution in [0.4, 0.5) is 0 Å². The molecule has 4 nitrogen and oxygen atoms in total. The van der Waals surface area contributed by atoms with Crippen LogP contribution in [-0.4, -0.2) is 9.56 Å². The summed E-state index contributed by atoms with van der Waals surface area (Å²) in [5.41, 5.74) is 2.42. The molecule has 0 saturated heterocycles. The smallest absolute Gasteiger partial charge is 0.290 e. The molecule has 1 aliphatic rings. The molecule has 0 aromatic carbocycles. The minimum atomic E-state index is -0.0252. The van der Waals surface area contributed by atoms with Gasteiger partial charge < -0.3 is 4.52 Å². The molecule has 0 bridgehead atoms. The van der Waals surface area contributed by atoms with Crippen molar-refractivity contribution in [1.82, 2.24) is 9.56 Å². The number of hydrogen-bond donors (Lipinski definition) is 0. The van der Waals surface area contributed by atoms with Crippen LogP contribution >= 0.6 is 0 Å². The standard InChI is InChI=1S/C11H12N2O2/c1-7-6-10-12-9-5-3-2-4-8(9)11(14)13(10)15-7/h6H,2-5H2,1H3. The maximum Gasteiger partial charge on any atom is 0.290 e. The Balaban J connectivity index is 2.40. The Kier molecular flexibility index (Phi) is 1.71. The first kappa shape index (κ1) is 8.71. The first-order valence-electron chi connectivity index (χ1n) is 5.27. The SMILES string of the molecule is Cc1cc2nc3c(c(=O)n2o1)CCCC3. The second-order valence-electron chi connectivity index (χ2n) is 4.05. The van der Waals surface area contributed by atoms with E-state index in [1.54, 1.807) is 6.07 Å². The van der Waals surface area contributed by atoms with E-state index in [2.05, 4.69) is 4.98 Å². The summed E-state index contributed by atoms with van der Waals surface area (Å²) in [6, 6.07) is 1.80. The van der Waals surface area contributed by atoms with Crippen LogP contribution in [0.25, 0.3) is 5.65 Å². The first-order chi connectivity index (χ1) is 7.25. The summed E-state index contributed by atoms with van der Waals surface area (Å²) >= 11 is 0. The minimum absolute atomic E-state index is 0.0252. The Morgan fingerprint density at radius 2 is 2.20 bits per heavy atom. The van der Waals surface area contributed by atoms with Gasteiger partial charge in [0.2, 0.25) is 0 Å². The largest absolute Gasteiger partial charge is 0.375 e. The summed E-state index contributed by atoms with van der Waals surface area (Å²) in [4.78, 5) is 16.5. The number of nitrogens with zero attached hydrogens (tertiary/aromatic N) is 2. The van der Waals surface area contributed by atoms with Crippen LogP contribution in [0.5, 0.6) is 0 Å². The highest BCUT2D eigenvalue weighted by Gasteiger charge is 2.17. The van der Waals surface area contributed by atoms with Crippen molar-refractivity contribution in [3.8, 4) is 0 Å². The first-order valence-corrected chi connectivity index (χ1v) is 5.27. The van der Waals surface area contributed by atoms with Gasteiger partial charge in [0.25, 0.3) is 5.56 Å². The van der Waals surface area contributed by atoms with Gasteiger partial charge in [0.15, 0.2) is 5.65 Å². The predicted molar refractivity (Wildman–Crippen MR) is 55.1 cm³/mol. The third-order valence-corrected chi connectivity index (χ3v) is 2.91. The molecule has 78 valence electrons. The van der Waals surface area contributed by atoms with Gasteiger partial charge in [-0.3, -0.25) is 4.79 Å². The lowest BCUT2D eigenvalue weighted by Gasteiger charge is -2.12. The number of hydrogen-bond acceptors (Lipinski definition) is 3. The molecule has 2 aromatic rings. The Morgan fingerprint density at radius 1 is 1.40 bits per heavy atom. The summed E-state index contributed by atoms with van der Waals surface area (Å²) < 4.78 is 6.61. The second kappa shape index (κ2) is 2.95. The topological polar surface area (TPSA) is 47.5 Å². The van der Waals surface area contributed by atoms with Crippen molar-refractivity contribution in [3.05, 3.63) is 33.4 Å². The Morgan fingerprint density at radius 3 is 3.07 bits per heavy atom. The van der Waals surface area contributed by atoms with Crippen LogP contribution in [0.15, 0.2) is 15.4 Å². The molecule has 0 saturated carbocycles. The van der Waals surface area contributed by atoms with Crippen molar-refractivity contribution >= 4 is 5.65 Å². The van der Waals surface area contributed by atoms with Gasteiger partial charge in [-0.2, -0.15) is 0 Å². The van der Waals surface area contributed by atoms with Gasteiger partial charge in [-0.05, 0) is 32.6 Å². The van der Waals surface area contributed by atoms with Crippen LogP contribution < -0.4 is 5.56 Å². The maximum absolute atomic E-state index is 12.0. The van der Waals surface area contributed by atoms with E-state index in [0.29, 0.717) is 5.65 Å². The highest BCUT2D eigenvalue weighted by molar-refractivity contribution is 5.40. The lowest BCUT2D eigenvalue weighted by atomic mass is 9.97. The zero-order valence-electron chi connectivity index (χ0n) is 8.62. The van der Waals surface area contributed by atoms with Crippen molar-refractivity contribution in [2.75, 3.05) is 0 Å². The fraction of sp³-hybridized carbons (Fsp3) is 0.455. The van der Waals surface area contributed by atoms with Gasteiger partial charge in [-0.15, -0.1) is 4.57 Å². The van der Waals surface area contributed by atoms with Crippen LogP contribution in [0.1, 0.15) is 29.9 Å². The summed E-state index contributed by atoms with van der Waals surface area (Å²) in [6.07, 6.45) is 3.97. The number of rotatable bonds is 0. The van der Waals surface area contributed by atoms with Crippen molar-refractivity contribution in [3.63, 3.8) is 0 Å². The second-order valence-corrected chi connectivity index (χ2v) is 4.05. The molecule has 3 rings (SSSR count). The molecule has 2 aromatic heterocycles. The Labute approximate surface area is 86.5 Å². The molecular formula is C11H12N2O2. The van der Waals surface area contributed by atoms with Crippen molar-refractivity contribution in [2.45, 2.75) is 32.6 Å². The van der Waals surface area contributed by atoms with E-state index in [4.69, 9.17) is 4.52 Å². The third kappa shape index (κ3) is 1.21. The van der Waals surface area contributed by atoms with Gasteiger partial charge >= 0.3 is 0 Å². The fourth-order valence-electron chi connectivity index (χ4n) is 2.18. The predicted octanol–water partition coefficient (Wildman–Crippen LogP) is 1.47. The van der Waals surface area contributed by atoms with Crippen LogP contribution in [0.2, 0.25) is 0 Å². The van der Waals surface area contributed by atoms with E-state index >= 15 is 0 Å². The summed E-state index contributed by atoms with van der Waals surface area (Å²) in [6.45, 7) is 1.83. The van der Waals surface area contributed by atoms with Crippen molar-refractivity contribution < 1.29 is 4.52 Å². The van der Waals surface area contributed by atoms with Gasteiger partial charge in [-0.1, -0.05) is 0 Å². The third-order valence-electron chi connectivity index (χ3n) is 2.91. The number of fused-ring (bicyclic) bond motifs is 2. The molecule has 4 heteroatoms. The maximum atomic E-state index is 12.0. The summed E-state index contributed by atoms with van der Waals surface area (Å²) in [7, 11) is 0. The molecule has 0 N–H and O–H groups in total. The fourth-order valence-corrected chi connectivity index (χ4v) is 2.18. The molecule has 0 spiro atoms. The van der Waals surface area contributed by atoms with E-state index in [1.807, 2.05) is 6.92 Å². The summed E-state index contributed by atoms with van der Waals surface area (Å²) in [5.74, 6) is 0.724. The van der Waals surface area contributed by atoms with E-state index in [-0.39, 0.29) is 5.56 Å². The molecule has 15 heavy (non-hydrogen) atoms. The number of aromatic nitrogens is 2. The highest BCUT2D eigenvalue weighted by Crippen LogP contribution is 2.17. The molecule has 0 atom stereocenters. The Bertz CT molecular complexity index is 580. The van der Waals surface area contributed by atoms with Gasteiger partial charge in [0, 0.05) is 11.6 Å². The van der Waals surface area contributed by atoms with E-state index in [1.165, 1.54) is 4.57 Å². The molecule has 1 aliphatic carbocycles. The molecule has 0 aliphatic heterocycles. The zero-order chi connectivity index (χ0) is 10.4. The molecule has 0 amide bonds. The number of aryl methyl sites for hydroxylation is 2. The zero-order valence-corrected chi connectivity index (χ0v) is 8.62. The lowest BCUT2D eigenvalue weighted by molar-refractivity contribution is 0.342. The molecule has 0 radical (unpaired) electrons. The quantitative estimate of drug-likeness (QED) is 0.653. The molecule has 0 unspecified atom stereocenters. The van der Waals surface area contributed by atoms with E-state index in [0.717, 1.165) is 42.7 Å². The highest BCUT2D eigenvalue weighted by atomic mass is 16.5. The van der Waals surface area contributed by atoms with Crippen molar-refractivity contribution in [1.29, 1.82) is 0 Å². The van der Waals surface area contributed by atoms with Gasteiger partial charge in [0.05, 0.1) is 5.69 Å². The average Bonchev–Trinajstić information content (AvgIpc) is 2.59. The molecule has 2 heterocycles. The monoisotopic (exact) mass is 204 g/mol. The Hall–Kier alpha value is -1.58. The molecular weight excluding hydrogens is 192 g/mol. The van der Waals surface area contributed by atoms with Gasteiger partial charge in [-0.25, -0.2) is 4.98 Å². The van der Waals surface area contributed by atoms with Crippen LogP contribution in [0, 0.1) is 6.92 Å². The molecule has 0 fully saturated rings.